The highest BCUT2D eigenvalue weighted by Gasteiger charge is 2.52. The summed E-state index contributed by atoms with van der Waals surface area (Å²) in [5, 5.41) is 12.9. The summed E-state index contributed by atoms with van der Waals surface area (Å²) in [4.78, 5) is 64.4. The number of amides is 3. The SMILES string of the molecule is C[C@@H]1CC[C@H]2C(=O)N(N(CC(=O)c3ccc(Oc4ccc([N+](=O)[O-])cc4)cc3)C(=O)c3ccc(Cl)c(Cl)c3)C(=O)[C@@H]2C1. The molecule has 0 aromatic heterocycles. The molecule has 1 saturated carbocycles. The lowest BCUT2D eigenvalue weighted by atomic mass is 9.76. The van der Waals surface area contributed by atoms with Crippen LogP contribution in [0.4, 0.5) is 5.69 Å². The average molecular weight is 610 g/mol. The third kappa shape index (κ3) is 5.86. The third-order valence-electron chi connectivity index (χ3n) is 7.56. The quantitative estimate of drug-likeness (QED) is 0.126. The van der Waals surface area contributed by atoms with Crippen LogP contribution >= 0.6 is 23.2 Å². The number of halogens is 2. The number of nitrogens with zero attached hydrogens (tertiary/aromatic N) is 3. The van der Waals surface area contributed by atoms with Crippen molar-refractivity contribution >= 4 is 52.4 Å². The van der Waals surface area contributed by atoms with E-state index in [2.05, 4.69) is 0 Å². The second-order valence-corrected chi connectivity index (χ2v) is 11.2. The van der Waals surface area contributed by atoms with Crippen LogP contribution in [0.2, 0.25) is 10.0 Å². The summed E-state index contributed by atoms with van der Waals surface area (Å²) in [6, 6.07) is 15.7. The van der Waals surface area contributed by atoms with Gasteiger partial charge >= 0.3 is 0 Å². The smallest absolute Gasteiger partial charge is 0.273 e. The first kappa shape index (κ1) is 29.2. The monoisotopic (exact) mass is 609 g/mol. The van der Waals surface area contributed by atoms with E-state index in [-0.39, 0.29) is 32.8 Å². The molecule has 1 saturated heterocycles. The standard InChI is InChI=1S/C30H25Cl2N3O7/c1-17-2-12-23-24(14-17)30(39)34(29(23)38)33(28(37)19-5-13-25(31)26(32)15-19)16-27(36)18-3-8-21(9-4-18)42-22-10-6-20(7-11-22)35(40)41/h3-11,13,15,17,23-24H,2,12,14,16H2,1H3/t17-,23-,24-/m1/s1. The fourth-order valence-electron chi connectivity index (χ4n) is 5.33. The Bertz CT molecular complexity index is 1580. The van der Waals surface area contributed by atoms with Crippen LogP contribution in [0, 0.1) is 27.9 Å². The largest absolute Gasteiger partial charge is 0.457 e. The van der Waals surface area contributed by atoms with Gasteiger partial charge in [-0.2, -0.15) is 5.01 Å². The predicted molar refractivity (Wildman–Crippen MR) is 153 cm³/mol. The zero-order chi connectivity index (χ0) is 30.1. The van der Waals surface area contributed by atoms with Crippen LogP contribution in [0.1, 0.15) is 46.9 Å². The molecule has 0 unspecified atom stereocenters. The molecule has 42 heavy (non-hydrogen) atoms. The molecule has 1 aliphatic heterocycles. The number of hydrogen-bond acceptors (Lipinski definition) is 7. The number of ether oxygens (including phenoxy) is 1. The summed E-state index contributed by atoms with van der Waals surface area (Å²) in [5.74, 6) is -2.35. The zero-order valence-electron chi connectivity index (χ0n) is 22.4. The number of ketones is 1. The summed E-state index contributed by atoms with van der Waals surface area (Å²) < 4.78 is 5.70. The summed E-state index contributed by atoms with van der Waals surface area (Å²) in [5.41, 5.74) is 0.197. The molecule has 2 fully saturated rings. The molecule has 5 rings (SSSR count). The minimum Gasteiger partial charge on any atom is -0.457 e. The number of fused-ring (bicyclic) bond motifs is 1. The van der Waals surface area contributed by atoms with E-state index in [4.69, 9.17) is 27.9 Å². The topological polar surface area (TPSA) is 127 Å². The summed E-state index contributed by atoms with van der Waals surface area (Å²) in [6.45, 7) is 1.45. The van der Waals surface area contributed by atoms with E-state index in [1.807, 2.05) is 6.92 Å². The van der Waals surface area contributed by atoms with Crippen molar-refractivity contribution in [3.05, 3.63) is 98.0 Å². The summed E-state index contributed by atoms with van der Waals surface area (Å²) in [6.07, 6.45) is 1.86. The first-order valence-corrected chi connectivity index (χ1v) is 14.0. The fraction of sp³-hybridized carbons (Fsp3) is 0.267. The minimum atomic E-state index is -0.742. The Morgan fingerprint density at radius 1 is 0.905 bits per heavy atom. The molecule has 3 aromatic rings. The molecular weight excluding hydrogens is 585 g/mol. The van der Waals surface area contributed by atoms with Crippen LogP contribution in [0.5, 0.6) is 11.5 Å². The molecule has 0 radical (unpaired) electrons. The van der Waals surface area contributed by atoms with Gasteiger partial charge in [0.05, 0.1) is 26.8 Å². The summed E-state index contributed by atoms with van der Waals surface area (Å²) >= 11 is 12.1. The molecule has 0 N–H and O–H groups in total. The molecule has 3 amide bonds. The molecule has 3 atom stereocenters. The van der Waals surface area contributed by atoms with Crippen molar-refractivity contribution in [3.8, 4) is 11.5 Å². The minimum absolute atomic E-state index is 0.0629. The Kier molecular flexibility index (Phi) is 8.29. The maximum atomic E-state index is 13.7. The van der Waals surface area contributed by atoms with Gasteiger partial charge in [-0.3, -0.25) is 29.3 Å². The average Bonchev–Trinajstić information content (AvgIpc) is 3.21. The van der Waals surface area contributed by atoms with Crippen molar-refractivity contribution in [1.29, 1.82) is 0 Å². The Morgan fingerprint density at radius 2 is 1.50 bits per heavy atom. The number of carbonyl (C=O) groups excluding carboxylic acids is 4. The van der Waals surface area contributed by atoms with Gasteiger partial charge in [0.1, 0.15) is 18.0 Å². The Morgan fingerprint density at radius 3 is 2.12 bits per heavy atom. The van der Waals surface area contributed by atoms with E-state index in [9.17, 15) is 29.3 Å². The van der Waals surface area contributed by atoms with Gasteiger partial charge in [0.2, 0.25) is 0 Å². The highest BCUT2D eigenvalue weighted by atomic mass is 35.5. The van der Waals surface area contributed by atoms with Crippen molar-refractivity contribution in [2.24, 2.45) is 17.8 Å². The lowest BCUT2D eigenvalue weighted by molar-refractivity contribution is -0.384. The van der Waals surface area contributed by atoms with Crippen molar-refractivity contribution in [1.82, 2.24) is 10.0 Å². The van der Waals surface area contributed by atoms with E-state index < -0.39 is 46.8 Å². The van der Waals surface area contributed by atoms with Crippen molar-refractivity contribution in [2.75, 3.05) is 6.54 Å². The second-order valence-electron chi connectivity index (χ2n) is 10.4. The lowest BCUT2D eigenvalue weighted by Crippen LogP contribution is -2.52. The Hall–Kier alpha value is -4.28. The number of hydrazine groups is 1. The summed E-state index contributed by atoms with van der Waals surface area (Å²) in [7, 11) is 0. The van der Waals surface area contributed by atoms with E-state index in [1.54, 1.807) is 0 Å². The number of imide groups is 1. The maximum Gasteiger partial charge on any atom is 0.273 e. The zero-order valence-corrected chi connectivity index (χ0v) is 23.9. The third-order valence-corrected chi connectivity index (χ3v) is 8.30. The lowest BCUT2D eigenvalue weighted by Gasteiger charge is -2.30. The molecular formula is C30H25Cl2N3O7. The molecule has 12 heteroatoms. The van der Waals surface area contributed by atoms with Crippen molar-refractivity contribution < 1.29 is 28.8 Å². The number of rotatable bonds is 8. The molecule has 0 bridgehead atoms. The van der Waals surface area contributed by atoms with Crippen LogP contribution in [-0.4, -0.2) is 45.0 Å². The van der Waals surface area contributed by atoms with Crippen LogP contribution in [-0.2, 0) is 9.59 Å². The number of carbonyl (C=O) groups is 4. The van der Waals surface area contributed by atoms with Gasteiger partial charge in [0.15, 0.2) is 5.78 Å². The fourth-order valence-corrected chi connectivity index (χ4v) is 5.63. The molecule has 1 aliphatic carbocycles. The molecule has 2 aliphatic rings. The van der Waals surface area contributed by atoms with Gasteiger partial charge in [-0.1, -0.05) is 30.1 Å². The highest BCUT2D eigenvalue weighted by Crippen LogP contribution is 2.41. The molecule has 0 spiro atoms. The van der Waals surface area contributed by atoms with Gasteiger partial charge in [-0.25, -0.2) is 5.01 Å². The molecule has 10 nitrogen and oxygen atoms in total. The second kappa shape index (κ2) is 11.9. The van der Waals surface area contributed by atoms with Crippen LogP contribution in [0.3, 0.4) is 0 Å². The van der Waals surface area contributed by atoms with Gasteiger partial charge in [-0.15, -0.1) is 0 Å². The number of Topliss-reactive ketones (excluding diaryl/α,β-unsaturated/α-hetero) is 1. The van der Waals surface area contributed by atoms with Gasteiger partial charge in [0.25, 0.3) is 23.4 Å². The first-order valence-electron chi connectivity index (χ1n) is 13.2. The highest BCUT2D eigenvalue weighted by molar-refractivity contribution is 6.42. The van der Waals surface area contributed by atoms with Gasteiger partial charge < -0.3 is 4.74 Å². The van der Waals surface area contributed by atoms with Gasteiger partial charge in [0, 0.05) is 23.3 Å². The maximum absolute atomic E-state index is 13.7. The molecule has 216 valence electrons. The Labute approximate surface area is 250 Å². The van der Waals surface area contributed by atoms with Crippen molar-refractivity contribution in [2.45, 2.75) is 26.2 Å². The number of non-ortho nitro benzene ring substituents is 1. The normalized spacial score (nSPS) is 19.8. The Balaban J connectivity index is 1.39. The van der Waals surface area contributed by atoms with Gasteiger partial charge in [-0.05, 0) is 79.8 Å². The van der Waals surface area contributed by atoms with Crippen molar-refractivity contribution in [3.63, 3.8) is 0 Å². The number of nitro groups is 1. The number of hydrogen-bond donors (Lipinski definition) is 0. The number of benzene rings is 3. The molecule has 1 heterocycles. The van der Waals surface area contributed by atoms with Crippen LogP contribution < -0.4 is 4.74 Å². The van der Waals surface area contributed by atoms with E-state index in [0.717, 1.165) is 16.4 Å². The van der Waals surface area contributed by atoms with E-state index in [1.165, 1.54) is 66.7 Å². The predicted octanol–water partition coefficient (Wildman–Crippen LogP) is 6.36. The van der Waals surface area contributed by atoms with Crippen LogP contribution in [0.25, 0.3) is 0 Å². The van der Waals surface area contributed by atoms with Crippen LogP contribution in [0.15, 0.2) is 66.7 Å². The number of nitro benzene ring substituents is 1. The van der Waals surface area contributed by atoms with E-state index >= 15 is 0 Å². The van der Waals surface area contributed by atoms with E-state index in [0.29, 0.717) is 24.3 Å². The first-order chi connectivity index (χ1) is 20.0. The molecule has 3 aromatic carbocycles.